The van der Waals surface area contributed by atoms with E-state index in [0.29, 0.717) is 0 Å². The van der Waals surface area contributed by atoms with Gasteiger partial charge in [0.15, 0.2) is 0 Å². The Morgan fingerprint density at radius 3 is 2.50 bits per heavy atom. The van der Waals surface area contributed by atoms with Gasteiger partial charge in [0.25, 0.3) is 0 Å². The van der Waals surface area contributed by atoms with Crippen molar-refractivity contribution in [1.29, 1.82) is 10.5 Å². The van der Waals surface area contributed by atoms with Crippen molar-refractivity contribution in [3.63, 3.8) is 0 Å². The number of nitrogens with zero attached hydrogens (tertiary/aromatic N) is 2. The zero-order chi connectivity index (χ0) is 9.40. The lowest BCUT2D eigenvalue weighted by atomic mass is 10.2. The minimum Gasteiger partial charge on any atom is -0.464 e. The molecule has 4 nitrogen and oxygen atoms in total. The molecule has 0 N–H and O–H groups in total. The van der Waals surface area contributed by atoms with Crippen LogP contribution in [0.25, 0.3) is 0 Å². The summed E-state index contributed by atoms with van der Waals surface area (Å²) < 4.78 is 4.64. The van der Waals surface area contributed by atoms with E-state index < -0.39 is 11.9 Å². The van der Waals surface area contributed by atoms with Crippen molar-refractivity contribution in [2.24, 2.45) is 5.92 Å². The molecule has 0 heterocycles. The molecule has 0 amide bonds. The molecule has 0 fully saturated rings. The Kier molecular flexibility index (Phi) is 5.38. The van der Waals surface area contributed by atoms with Crippen molar-refractivity contribution >= 4 is 5.97 Å². The van der Waals surface area contributed by atoms with Crippen LogP contribution in [0.3, 0.4) is 0 Å². The van der Waals surface area contributed by atoms with Gasteiger partial charge in [0.2, 0.25) is 5.92 Å². The summed E-state index contributed by atoms with van der Waals surface area (Å²) in [4.78, 5) is 10.8. The lowest BCUT2D eigenvalue weighted by Crippen LogP contribution is -2.14. The van der Waals surface area contributed by atoms with Crippen molar-refractivity contribution in [3.8, 4) is 12.1 Å². The highest BCUT2D eigenvalue weighted by atomic mass is 16.5. The molecule has 0 aromatic carbocycles. The standard InChI is InChI=1S/C8H10N2O2/c1-2-3-4-12-8(11)7(5-9)6-10/h7H,2-4H2,1H3. The van der Waals surface area contributed by atoms with Gasteiger partial charge in [-0.3, -0.25) is 0 Å². The Balaban J connectivity index is 3.74. The Bertz CT molecular complexity index is 210. The zero-order valence-corrected chi connectivity index (χ0v) is 6.91. The van der Waals surface area contributed by atoms with E-state index in [-0.39, 0.29) is 6.61 Å². The molecule has 0 saturated heterocycles. The quantitative estimate of drug-likeness (QED) is 0.461. The fourth-order valence-corrected chi connectivity index (χ4v) is 0.535. The average molecular weight is 166 g/mol. The molecule has 0 unspecified atom stereocenters. The fourth-order valence-electron chi connectivity index (χ4n) is 0.535. The first-order chi connectivity index (χ1) is 5.76. The minimum atomic E-state index is -1.28. The smallest absolute Gasteiger partial charge is 0.338 e. The zero-order valence-electron chi connectivity index (χ0n) is 6.91. The third-order valence-corrected chi connectivity index (χ3v) is 1.24. The molecule has 0 aromatic rings. The van der Waals surface area contributed by atoms with Crippen molar-refractivity contribution < 1.29 is 9.53 Å². The first-order valence-corrected chi connectivity index (χ1v) is 3.72. The largest absolute Gasteiger partial charge is 0.464 e. The van der Waals surface area contributed by atoms with Crippen molar-refractivity contribution in [3.05, 3.63) is 0 Å². The second-order valence-corrected chi connectivity index (χ2v) is 2.21. The number of esters is 1. The normalized spacial score (nSPS) is 8.67. The van der Waals surface area contributed by atoms with Crippen molar-refractivity contribution in [1.82, 2.24) is 0 Å². The summed E-state index contributed by atoms with van der Waals surface area (Å²) in [6.45, 7) is 2.25. The summed E-state index contributed by atoms with van der Waals surface area (Å²) in [6, 6.07) is 3.09. The summed E-state index contributed by atoms with van der Waals surface area (Å²) in [6.07, 6.45) is 1.67. The van der Waals surface area contributed by atoms with E-state index in [1.165, 1.54) is 0 Å². The number of carbonyl (C=O) groups excluding carboxylic acids is 1. The van der Waals surface area contributed by atoms with Gasteiger partial charge >= 0.3 is 5.97 Å². The van der Waals surface area contributed by atoms with Crippen LogP contribution in [0.2, 0.25) is 0 Å². The van der Waals surface area contributed by atoms with Gasteiger partial charge in [-0.15, -0.1) is 0 Å². The van der Waals surface area contributed by atoms with Gasteiger partial charge in [-0.25, -0.2) is 4.79 Å². The van der Waals surface area contributed by atoms with Crippen LogP contribution in [0.1, 0.15) is 19.8 Å². The number of hydrogen-bond donors (Lipinski definition) is 0. The first-order valence-electron chi connectivity index (χ1n) is 3.72. The Morgan fingerprint density at radius 2 is 2.08 bits per heavy atom. The molecular formula is C8H10N2O2. The number of ether oxygens (including phenoxy) is 1. The van der Waals surface area contributed by atoms with E-state index in [4.69, 9.17) is 10.5 Å². The molecule has 0 aliphatic heterocycles. The van der Waals surface area contributed by atoms with Gasteiger partial charge in [0, 0.05) is 0 Å². The number of carbonyl (C=O) groups is 1. The monoisotopic (exact) mass is 166 g/mol. The molecule has 0 spiro atoms. The maximum Gasteiger partial charge on any atom is 0.338 e. The topological polar surface area (TPSA) is 73.9 Å². The molecule has 0 aliphatic rings. The summed E-state index contributed by atoms with van der Waals surface area (Å²) in [7, 11) is 0. The highest BCUT2D eigenvalue weighted by molar-refractivity contribution is 5.78. The Morgan fingerprint density at radius 1 is 1.50 bits per heavy atom. The van der Waals surface area contributed by atoms with E-state index in [1.54, 1.807) is 12.1 Å². The maximum absolute atomic E-state index is 10.8. The fraction of sp³-hybridized carbons (Fsp3) is 0.625. The number of hydrogen-bond acceptors (Lipinski definition) is 4. The van der Waals surface area contributed by atoms with Crippen LogP contribution in [0.15, 0.2) is 0 Å². The van der Waals surface area contributed by atoms with Crippen LogP contribution in [-0.4, -0.2) is 12.6 Å². The van der Waals surface area contributed by atoms with Crippen LogP contribution >= 0.6 is 0 Å². The van der Waals surface area contributed by atoms with E-state index in [9.17, 15) is 4.79 Å². The highest BCUT2D eigenvalue weighted by Crippen LogP contribution is 1.97. The molecule has 0 aliphatic carbocycles. The van der Waals surface area contributed by atoms with Gasteiger partial charge in [-0.05, 0) is 6.42 Å². The number of unbranched alkanes of at least 4 members (excludes halogenated alkanes) is 1. The van der Waals surface area contributed by atoms with Crippen LogP contribution in [0.4, 0.5) is 0 Å². The SMILES string of the molecule is CCCCOC(=O)C(C#N)C#N. The van der Waals surface area contributed by atoms with Crippen LogP contribution in [0, 0.1) is 28.6 Å². The molecular weight excluding hydrogens is 156 g/mol. The molecule has 0 radical (unpaired) electrons. The molecule has 0 aromatic heterocycles. The molecule has 12 heavy (non-hydrogen) atoms. The third kappa shape index (κ3) is 3.58. The highest BCUT2D eigenvalue weighted by Gasteiger charge is 2.17. The van der Waals surface area contributed by atoms with E-state index >= 15 is 0 Å². The van der Waals surface area contributed by atoms with Gasteiger partial charge in [0.05, 0.1) is 18.7 Å². The molecule has 64 valence electrons. The first kappa shape index (κ1) is 10.4. The summed E-state index contributed by atoms with van der Waals surface area (Å²) in [5, 5.41) is 16.6. The number of rotatable bonds is 4. The van der Waals surface area contributed by atoms with Crippen molar-refractivity contribution in [2.45, 2.75) is 19.8 Å². The molecule has 0 bridgehead atoms. The second kappa shape index (κ2) is 6.18. The molecule has 0 rings (SSSR count). The minimum absolute atomic E-state index is 0.287. The maximum atomic E-state index is 10.8. The van der Waals surface area contributed by atoms with Crippen LogP contribution < -0.4 is 0 Å². The summed E-state index contributed by atoms with van der Waals surface area (Å²) in [5.41, 5.74) is 0. The second-order valence-electron chi connectivity index (χ2n) is 2.21. The van der Waals surface area contributed by atoms with E-state index in [2.05, 4.69) is 4.74 Å². The summed E-state index contributed by atoms with van der Waals surface area (Å²) in [5.74, 6) is -2.02. The van der Waals surface area contributed by atoms with Crippen LogP contribution in [0.5, 0.6) is 0 Å². The third-order valence-electron chi connectivity index (χ3n) is 1.24. The number of nitriles is 2. The van der Waals surface area contributed by atoms with Gasteiger partial charge < -0.3 is 4.74 Å². The van der Waals surface area contributed by atoms with E-state index in [0.717, 1.165) is 12.8 Å². The Hall–Kier alpha value is -1.55. The Labute approximate surface area is 71.4 Å². The summed E-state index contributed by atoms with van der Waals surface area (Å²) >= 11 is 0. The predicted octanol–water partition coefficient (Wildman–Crippen LogP) is 0.993. The van der Waals surface area contributed by atoms with Crippen LogP contribution in [-0.2, 0) is 9.53 Å². The van der Waals surface area contributed by atoms with Gasteiger partial charge in [-0.1, -0.05) is 13.3 Å². The van der Waals surface area contributed by atoms with E-state index in [1.807, 2.05) is 6.92 Å². The average Bonchev–Trinajstić information content (AvgIpc) is 2.07. The van der Waals surface area contributed by atoms with Crippen molar-refractivity contribution in [2.75, 3.05) is 6.61 Å². The lowest BCUT2D eigenvalue weighted by Gasteiger charge is -2.01. The lowest BCUT2D eigenvalue weighted by molar-refractivity contribution is -0.144. The van der Waals surface area contributed by atoms with Gasteiger partial charge in [0.1, 0.15) is 0 Å². The predicted molar refractivity (Wildman–Crippen MR) is 40.6 cm³/mol. The van der Waals surface area contributed by atoms with Gasteiger partial charge in [-0.2, -0.15) is 10.5 Å². The molecule has 0 saturated carbocycles. The molecule has 0 atom stereocenters. The molecule has 4 heteroatoms.